The van der Waals surface area contributed by atoms with Gasteiger partial charge < -0.3 is 4.90 Å². The Kier molecular flexibility index (Phi) is 4.09. The lowest BCUT2D eigenvalue weighted by Crippen LogP contribution is -2.25. The summed E-state index contributed by atoms with van der Waals surface area (Å²) in [6, 6.07) is 13.6. The molecule has 0 saturated carbocycles. The smallest absolute Gasteiger partial charge is 0.261 e. The van der Waals surface area contributed by atoms with Crippen molar-refractivity contribution in [2.24, 2.45) is 0 Å². The lowest BCUT2D eigenvalue weighted by molar-refractivity contribution is -0.117. The zero-order chi connectivity index (χ0) is 16.4. The third kappa shape index (κ3) is 3.22. The first-order valence-corrected chi connectivity index (χ1v) is 8.94. The number of rotatable bonds is 4. The fraction of sp³-hybridized carbons (Fsp3) is 0.235. The number of amides is 1. The maximum Gasteiger partial charge on any atom is 0.261 e. The van der Waals surface area contributed by atoms with Crippen molar-refractivity contribution in [2.45, 2.75) is 24.7 Å². The average molecular weight is 330 g/mol. The van der Waals surface area contributed by atoms with Crippen LogP contribution >= 0.6 is 0 Å². The van der Waals surface area contributed by atoms with Crippen LogP contribution in [0.15, 0.2) is 53.4 Å². The van der Waals surface area contributed by atoms with Gasteiger partial charge in [-0.3, -0.25) is 9.52 Å². The molecule has 1 heterocycles. The molecule has 5 nitrogen and oxygen atoms in total. The van der Waals surface area contributed by atoms with Gasteiger partial charge in [-0.05, 0) is 37.6 Å². The number of nitrogens with zero attached hydrogens (tertiary/aromatic N) is 1. The van der Waals surface area contributed by atoms with E-state index in [-0.39, 0.29) is 10.8 Å². The Bertz CT molecular complexity index is 829. The SMILES string of the molecule is Cc1ccc(S(=O)(=O)Nc2ccccc2N2CCCC2=O)cc1. The highest BCUT2D eigenvalue weighted by molar-refractivity contribution is 7.92. The highest BCUT2D eigenvalue weighted by Crippen LogP contribution is 2.31. The maximum absolute atomic E-state index is 12.5. The van der Waals surface area contributed by atoms with Gasteiger partial charge in [-0.25, -0.2) is 8.42 Å². The normalized spacial score (nSPS) is 15.0. The third-order valence-corrected chi connectivity index (χ3v) is 5.23. The number of anilines is 2. The summed E-state index contributed by atoms with van der Waals surface area (Å²) in [7, 11) is -3.69. The molecule has 3 rings (SSSR count). The first-order valence-electron chi connectivity index (χ1n) is 7.46. The van der Waals surface area contributed by atoms with E-state index in [1.54, 1.807) is 53.4 Å². The minimum absolute atomic E-state index is 0.0204. The van der Waals surface area contributed by atoms with E-state index in [2.05, 4.69) is 4.72 Å². The van der Waals surface area contributed by atoms with Crippen molar-refractivity contribution >= 4 is 27.3 Å². The first kappa shape index (κ1) is 15.6. The number of nitrogens with one attached hydrogen (secondary N) is 1. The van der Waals surface area contributed by atoms with Gasteiger partial charge in [-0.2, -0.15) is 0 Å². The highest BCUT2D eigenvalue weighted by atomic mass is 32.2. The van der Waals surface area contributed by atoms with Gasteiger partial charge in [0.1, 0.15) is 0 Å². The summed E-state index contributed by atoms with van der Waals surface area (Å²) in [4.78, 5) is 13.8. The second-order valence-corrected chi connectivity index (χ2v) is 7.27. The number of aryl methyl sites for hydroxylation is 1. The summed E-state index contributed by atoms with van der Waals surface area (Å²) < 4.78 is 27.7. The monoisotopic (exact) mass is 330 g/mol. The number of sulfonamides is 1. The molecule has 0 spiro atoms. The minimum atomic E-state index is -3.69. The van der Waals surface area contributed by atoms with E-state index in [9.17, 15) is 13.2 Å². The fourth-order valence-corrected chi connectivity index (χ4v) is 3.69. The number of carbonyl (C=O) groups is 1. The van der Waals surface area contributed by atoms with Gasteiger partial charge in [0.05, 0.1) is 16.3 Å². The number of carbonyl (C=O) groups excluding carboxylic acids is 1. The van der Waals surface area contributed by atoms with E-state index in [1.807, 2.05) is 6.92 Å². The van der Waals surface area contributed by atoms with Crippen LogP contribution < -0.4 is 9.62 Å². The van der Waals surface area contributed by atoms with Crippen LogP contribution in [0.1, 0.15) is 18.4 Å². The topological polar surface area (TPSA) is 66.5 Å². The number of benzene rings is 2. The Morgan fingerprint density at radius 1 is 1.04 bits per heavy atom. The van der Waals surface area contributed by atoms with Crippen molar-refractivity contribution < 1.29 is 13.2 Å². The van der Waals surface area contributed by atoms with Crippen LogP contribution in [-0.2, 0) is 14.8 Å². The molecule has 120 valence electrons. The Hall–Kier alpha value is -2.34. The Morgan fingerprint density at radius 2 is 1.74 bits per heavy atom. The van der Waals surface area contributed by atoms with Gasteiger partial charge in [0.15, 0.2) is 0 Å². The summed E-state index contributed by atoms with van der Waals surface area (Å²) in [5.41, 5.74) is 2.01. The maximum atomic E-state index is 12.5. The molecular weight excluding hydrogens is 312 g/mol. The second-order valence-electron chi connectivity index (χ2n) is 5.58. The molecule has 1 saturated heterocycles. The molecule has 1 amide bonds. The van der Waals surface area contributed by atoms with Crippen LogP contribution in [0.4, 0.5) is 11.4 Å². The lowest BCUT2D eigenvalue weighted by atomic mass is 10.2. The summed E-state index contributed by atoms with van der Waals surface area (Å²) in [5, 5.41) is 0. The summed E-state index contributed by atoms with van der Waals surface area (Å²) in [6.45, 7) is 2.51. The molecule has 2 aromatic rings. The zero-order valence-electron chi connectivity index (χ0n) is 12.8. The first-order chi connectivity index (χ1) is 11.0. The largest absolute Gasteiger partial charge is 0.310 e. The Morgan fingerprint density at radius 3 is 2.39 bits per heavy atom. The third-order valence-electron chi connectivity index (χ3n) is 3.84. The predicted molar refractivity (Wildman–Crippen MR) is 90.0 cm³/mol. The number of para-hydroxylation sites is 2. The molecule has 1 fully saturated rings. The standard InChI is InChI=1S/C17H18N2O3S/c1-13-8-10-14(11-9-13)23(21,22)18-15-5-2-3-6-16(15)19-12-4-7-17(19)20/h2-3,5-6,8-11,18H,4,7,12H2,1H3. The van der Waals surface area contributed by atoms with Crippen LogP contribution in [0.5, 0.6) is 0 Å². The molecule has 1 aliphatic rings. The van der Waals surface area contributed by atoms with Crippen LogP contribution in [0, 0.1) is 6.92 Å². The van der Waals surface area contributed by atoms with Gasteiger partial charge in [-0.15, -0.1) is 0 Å². The average Bonchev–Trinajstić information content (AvgIpc) is 2.94. The molecule has 0 unspecified atom stereocenters. The van der Waals surface area contributed by atoms with E-state index in [1.165, 1.54) is 0 Å². The molecule has 23 heavy (non-hydrogen) atoms. The molecule has 0 bridgehead atoms. The van der Waals surface area contributed by atoms with Gasteiger partial charge in [0, 0.05) is 13.0 Å². The molecule has 1 aliphatic heterocycles. The molecule has 0 aromatic heterocycles. The van der Waals surface area contributed by atoms with Crippen molar-refractivity contribution in [2.75, 3.05) is 16.2 Å². The molecule has 1 N–H and O–H groups in total. The van der Waals surface area contributed by atoms with Crippen molar-refractivity contribution in [1.29, 1.82) is 0 Å². The van der Waals surface area contributed by atoms with Gasteiger partial charge in [-0.1, -0.05) is 29.8 Å². The summed E-state index contributed by atoms with van der Waals surface area (Å²) in [5.74, 6) is 0.0204. The van der Waals surface area contributed by atoms with Crippen LogP contribution in [-0.4, -0.2) is 20.9 Å². The Labute approximate surface area is 136 Å². The molecule has 0 aliphatic carbocycles. The second kappa shape index (κ2) is 6.04. The van der Waals surface area contributed by atoms with Crippen molar-refractivity contribution in [3.8, 4) is 0 Å². The molecule has 2 aromatic carbocycles. The quantitative estimate of drug-likeness (QED) is 0.937. The van der Waals surface area contributed by atoms with Gasteiger partial charge in [0.25, 0.3) is 10.0 Å². The van der Waals surface area contributed by atoms with Crippen LogP contribution in [0.2, 0.25) is 0 Å². The zero-order valence-corrected chi connectivity index (χ0v) is 13.6. The summed E-state index contributed by atoms with van der Waals surface area (Å²) in [6.07, 6.45) is 1.29. The van der Waals surface area contributed by atoms with E-state index in [4.69, 9.17) is 0 Å². The summed E-state index contributed by atoms with van der Waals surface area (Å²) >= 11 is 0. The van der Waals surface area contributed by atoms with Crippen molar-refractivity contribution in [3.05, 3.63) is 54.1 Å². The molecular formula is C17H18N2O3S. The van der Waals surface area contributed by atoms with Gasteiger partial charge >= 0.3 is 0 Å². The van der Waals surface area contributed by atoms with Crippen molar-refractivity contribution in [3.63, 3.8) is 0 Å². The van der Waals surface area contributed by atoms with Crippen molar-refractivity contribution in [1.82, 2.24) is 0 Å². The van der Waals surface area contributed by atoms with Crippen LogP contribution in [0.25, 0.3) is 0 Å². The van der Waals surface area contributed by atoms with Crippen LogP contribution in [0.3, 0.4) is 0 Å². The lowest BCUT2D eigenvalue weighted by Gasteiger charge is -2.20. The van der Waals surface area contributed by atoms with Gasteiger partial charge in [0.2, 0.25) is 5.91 Å². The van der Waals surface area contributed by atoms with E-state index in [0.29, 0.717) is 24.3 Å². The van der Waals surface area contributed by atoms with E-state index < -0.39 is 10.0 Å². The minimum Gasteiger partial charge on any atom is -0.310 e. The number of hydrogen-bond acceptors (Lipinski definition) is 3. The predicted octanol–water partition coefficient (Wildman–Crippen LogP) is 2.92. The molecule has 6 heteroatoms. The Balaban J connectivity index is 1.94. The number of hydrogen-bond donors (Lipinski definition) is 1. The fourth-order valence-electron chi connectivity index (χ4n) is 2.62. The highest BCUT2D eigenvalue weighted by Gasteiger charge is 2.25. The molecule has 0 atom stereocenters. The van der Waals surface area contributed by atoms with E-state index >= 15 is 0 Å². The molecule has 0 radical (unpaired) electrons. The van der Waals surface area contributed by atoms with E-state index in [0.717, 1.165) is 12.0 Å².